The normalized spacial score (nSPS) is 28.9. The molecule has 0 bridgehead atoms. The van der Waals surface area contributed by atoms with Crippen LogP contribution < -0.4 is 24.7 Å². The molecule has 2 atom stereocenters. The summed E-state index contributed by atoms with van der Waals surface area (Å²) in [4.78, 5) is 15.9. The second-order valence-electron chi connectivity index (χ2n) is 2.99. The van der Waals surface area contributed by atoms with Crippen molar-refractivity contribution in [3.63, 3.8) is 0 Å². The van der Waals surface area contributed by atoms with Crippen LogP contribution >= 0.6 is 20.1 Å². The Kier molecular flexibility index (Phi) is 5.60. The molecule has 0 saturated carbocycles. The van der Waals surface area contributed by atoms with Crippen LogP contribution in [-0.2, 0) is 14.3 Å². The number of hydrogen-bond acceptors (Lipinski definition) is 4. The third-order valence-electron chi connectivity index (χ3n) is 2.00. The molecule has 15 heavy (non-hydrogen) atoms. The third kappa shape index (κ3) is 3.43. The molecule has 2 unspecified atom stereocenters. The molecule has 0 aromatic carbocycles. The van der Waals surface area contributed by atoms with E-state index in [2.05, 4.69) is 13.4 Å². The number of nitrogens with one attached hydrogen (secondary N) is 1. The zero-order chi connectivity index (χ0) is 11.5. The number of carbonyl (C=O) groups is 1. The molecule has 1 saturated heterocycles. The van der Waals surface area contributed by atoms with Gasteiger partial charge in [0.1, 0.15) is 0 Å². The third-order valence-corrected chi connectivity index (χ3v) is 10.7. The number of hydrogen-bond donors (Lipinski definition) is 1. The molecule has 7 heteroatoms. The van der Waals surface area contributed by atoms with Gasteiger partial charge in [0, 0.05) is 0 Å². The van der Waals surface area contributed by atoms with Crippen molar-refractivity contribution in [2.24, 2.45) is 0 Å². The summed E-state index contributed by atoms with van der Waals surface area (Å²) in [6.45, 7) is 2.46. The van der Waals surface area contributed by atoms with Crippen LogP contribution in [0.3, 0.4) is 0 Å². The Bertz CT molecular complexity index is 244. The average molecular weight is 438 g/mol. The molecule has 1 N–H and O–H groups in total. The molecule has 0 aromatic heterocycles. The predicted molar refractivity (Wildman–Crippen MR) is 63.9 cm³/mol. The molecule has 1 aliphatic heterocycles. The molecular weight excluding hydrogens is 423 g/mol. The van der Waals surface area contributed by atoms with Crippen LogP contribution in [0.25, 0.3) is 0 Å². The van der Waals surface area contributed by atoms with Crippen molar-refractivity contribution >= 4 is 33.9 Å². The van der Waals surface area contributed by atoms with Crippen molar-refractivity contribution in [3.8, 4) is 0 Å². The number of rotatable bonds is 6. The van der Waals surface area contributed by atoms with E-state index in [4.69, 9.17) is 17.3 Å². The standard InChI is InChI=1S/C8H15BI2NO3/c1-4-14-5-15-7(13)6(10-2)8(9)11(3)12-8/h6,12H,4-5H2,1-3H3/q-1. The van der Waals surface area contributed by atoms with Crippen LogP contribution in [0, 0.1) is 0 Å². The molecule has 0 spiro atoms. The number of halogens is 2. The van der Waals surface area contributed by atoms with Crippen LogP contribution in [0.2, 0.25) is 0 Å². The summed E-state index contributed by atoms with van der Waals surface area (Å²) in [6, 6.07) is 0. The van der Waals surface area contributed by atoms with E-state index in [-0.39, 0.29) is 41.3 Å². The van der Waals surface area contributed by atoms with Crippen LogP contribution in [-0.4, -0.2) is 44.4 Å². The van der Waals surface area contributed by atoms with Gasteiger partial charge in [-0.15, -0.1) is 0 Å². The molecule has 0 aromatic rings. The first-order valence-corrected chi connectivity index (χ1v) is 12.2. The topological polar surface area (TPSA) is 57.5 Å². The van der Waals surface area contributed by atoms with Crippen molar-refractivity contribution in [1.29, 1.82) is 0 Å². The summed E-state index contributed by atoms with van der Waals surface area (Å²) < 4.78 is 12.8. The minimum atomic E-state index is -1.24. The molecule has 1 fully saturated rings. The van der Waals surface area contributed by atoms with Gasteiger partial charge in [-0.25, -0.2) is 0 Å². The molecule has 0 amide bonds. The first-order chi connectivity index (χ1) is 7.06. The van der Waals surface area contributed by atoms with Gasteiger partial charge in [-0.05, 0) is 0 Å². The second kappa shape index (κ2) is 6.01. The van der Waals surface area contributed by atoms with Gasteiger partial charge in [0.2, 0.25) is 0 Å². The van der Waals surface area contributed by atoms with Crippen molar-refractivity contribution in [1.82, 2.24) is 3.53 Å². The minimum absolute atomic E-state index is 0.0452. The maximum absolute atomic E-state index is 11.7. The van der Waals surface area contributed by atoms with Crippen LogP contribution in [0.5, 0.6) is 0 Å². The molecule has 1 aliphatic rings. The SMILES string of the molecule is [B]C1(C([I-]C)C(=O)OCOCC)NI1C. The van der Waals surface area contributed by atoms with Crippen molar-refractivity contribution in [3.05, 3.63) is 0 Å². The molecule has 1 rings (SSSR count). The summed E-state index contributed by atoms with van der Waals surface area (Å²) in [5.74, 6) is -0.199. The van der Waals surface area contributed by atoms with E-state index in [9.17, 15) is 4.79 Å². The Morgan fingerprint density at radius 3 is 2.73 bits per heavy atom. The molecule has 1 heterocycles. The summed E-state index contributed by atoms with van der Waals surface area (Å²) >= 11 is -1.49. The van der Waals surface area contributed by atoms with Gasteiger partial charge in [-0.3, -0.25) is 0 Å². The monoisotopic (exact) mass is 438 g/mol. The van der Waals surface area contributed by atoms with E-state index in [1.807, 2.05) is 6.92 Å². The quantitative estimate of drug-likeness (QED) is 0.0557. The van der Waals surface area contributed by atoms with Gasteiger partial charge in [-0.1, -0.05) is 0 Å². The van der Waals surface area contributed by atoms with E-state index in [0.29, 0.717) is 6.61 Å². The van der Waals surface area contributed by atoms with Crippen molar-refractivity contribution in [2.75, 3.05) is 23.3 Å². The van der Waals surface area contributed by atoms with E-state index >= 15 is 0 Å². The number of esters is 1. The van der Waals surface area contributed by atoms with Gasteiger partial charge >= 0.3 is 110 Å². The first kappa shape index (κ1) is 14.0. The zero-order valence-corrected chi connectivity index (χ0v) is 13.4. The molecule has 88 valence electrons. The zero-order valence-electron chi connectivity index (χ0n) is 9.05. The van der Waals surface area contributed by atoms with E-state index in [0.717, 1.165) is 0 Å². The molecular formula is C8H15BI2NO3-. The fourth-order valence-electron chi connectivity index (χ4n) is 1.07. The van der Waals surface area contributed by atoms with E-state index < -0.39 is 20.1 Å². The molecule has 0 aliphatic carbocycles. The van der Waals surface area contributed by atoms with Crippen LogP contribution in [0.15, 0.2) is 0 Å². The van der Waals surface area contributed by atoms with Crippen molar-refractivity contribution in [2.45, 2.75) is 14.3 Å². The summed E-state index contributed by atoms with van der Waals surface area (Å²) in [5.41, 5.74) is 0. The number of carbonyl (C=O) groups excluding carboxylic acids is 1. The molecule has 2 radical (unpaired) electrons. The fourth-order valence-corrected chi connectivity index (χ4v) is 11.3. The van der Waals surface area contributed by atoms with Gasteiger partial charge in [0.05, 0.1) is 0 Å². The maximum atomic E-state index is 11.7. The Balaban J connectivity index is 2.42. The molecule has 4 nitrogen and oxygen atoms in total. The Hall–Kier alpha value is 0.915. The van der Waals surface area contributed by atoms with Gasteiger partial charge in [-0.2, -0.15) is 0 Å². The fraction of sp³-hybridized carbons (Fsp3) is 0.875. The van der Waals surface area contributed by atoms with Gasteiger partial charge < -0.3 is 0 Å². The van der Waals surface area contributed by atoms with Gasteiger partial charge in [0.25, 0.3) is 0 Å². The second-order valence-corrected chi connectivity index (χ2v) is 10.5. The Labute approximate surface area is 110 Å². The summed E-state index contributed by atoms with van der Waals surface area (Å²) in [7, 11) is 6.09. The number of ether oxygens (including phenoxy) is 2. The first-order valence-electron chi connectivity index (χ1n) is 4.45. The number of alkyl halides is 4. The average Bonchev–Trinajstić information content (AvgIpc) is 2.76. The Morgan fingerprint density at radius 2 is 2.33 bits per heavy atom. The van der Waals surface area contributed by atoms with Crippen LogP contribution in [0.1, 0.15) is 6.92 Å². The summed E-state index contributed by atoms with van der Waals surface area (Å²) in [6.07, 6.45) is 0. The van der Waals surface area contributed by atoms with Gasteiger partial charge in [0.15, 0.2) is 0 Å². The van der Waals surface area contributed by atoms with E-state index in [1.54, 1.807) is 0 Å². The predicted octanol–water partition coefficient (Wildman–Crippen LogP) is -2.91. The van der Waals surface area contributed by atoms with E-state index in [1.165, 1.54) is 0 Å². The summed E-state index contributed by atoms with van der Waals surface area (Å²) in [5, 5.41) is 0. The Morgan fingerprint density at radius 1 is 1.73 bits per heavy atom. The van der Waals surface area contributed by atoms with Crippen molar-refractivity contribution < 1.29 is 35.5 Å². The van der Waals surface area contributed by atoms with Crippen LogP contribution in [0.4, 0.5) is 0 Å².